The number of nitrogens with zero attached hydrogens (tertiary/aromatic N) is 4. The molecular weight excluding hydrogens is 296 g/mol. The summed E-state index contributed by atoms with van der Waals surface area (Å²) in [5.41, 5.74) is 1.13. The van der Waals surface area contributed by atoms with E-state index >= 15 is 0 Å². The first-order chi connectivity index (χ1) is 11.2. The fourth-order valence-corrected chi connectivity index (χ4v) is 3.27. The second-order valence-electron chi connectivity index (χ2n) is 6.09. The van der Waals surface area contributed by atoms with E-state index < -0.39 is 4.92 Å². The molecule has 0 aromatic heterocycles. The molecule has 2 fully saturated rings. The van der Waals surface area contributed by atoms with Crippen molar-refractivity contribution in [2.24, 2.45) is 5.92 Å². The minimum Gasteiger partial charge on any atom is -0.381 e. The highest BCUT2D eigenvalue weighted by molar-refractivity contribution is 5.63. The van der Waals surface area contributed by atoms with Crippen molar-refractivity contribution in [3.05, 3.63) is 33.9 Å². The van der Waals surface area contributed by atoms with Gasteiger partial charge in [0.15, 0.2) is 0 Å². The van der Waals surface area contributed by atoms with Crippen LogP contribution in [0.4, 0.5) is 11.4 Å². The molecule has 1 aromatic carbocycles. The molecule has 23 heavy (non-hydrogen) atoms. The third-order valence-corrected chi connectivity index (χ3v) is 4.56. The Morgan fingerprint density at radius 1 is 1.35 bits per heavy atom. The summed E-state index contributed by atoms with van der Waals surface area (Å²) in [4.78, 5) is 14.9. The summed E-state index contributed by atoms with van der Waals surface area (Å²) in [5.74, 6) is 0.635. The number of rotatable bonds is 4. The van der Waals surface area contributed by atoms with Crippen molar-refractivity contribution in [1.82, 2.24) is 4.90 Å². The van der Waals surface area contributed by atoms with Crippen molar-refractivity contribution < 1.29 is 9.66 Å². The summed E-state index contributed by atoms with van der Waals surface area (Å²) in [6.45, 7) is 6.36. The Morgan fingerprint density at radius 3 is 2.74 bits per heavy atom. The highest BCUT2D eigenvalue weighted by Gasteiger charge is 2.24. The molecule has 2 aliphatic rings. The van der Waals surface area contributed by atoms with Crippen LogP contribution in [0.15, 0.2) is 18.2 Å². The van der Waals surface area contributed by atoms with Gasteiger partial charge in [0.25, 0.3) is 5.69 Å². The maximum Gasteiger partial charge on any atom is 0.270 e. The Hall–Kier alpha value is -2.17. The minimum atomic E-state index is -0.466. The molecule has 7 nitrogen and oxygen atoms in total. The molecule has 0 radical (unpaired) electrons. The number of nitriles is 1. The Morgan fingerprint density at radius 2 is 2.13 bits per heavy atom. The average molecular weight is 316 g/mol. The van der Waals surface area contributed by atoms with Gasteiger partial charge in [-0.1, -0.05) is 0 Å². The average Bonchev–Trinajstić information content (AvgIpc) is 3.08. The number of hydrogen-bond acceptors (Lipinski definition) is 6. The zero-order valence-electron chi connectivity index (χ0n) is 13.0. The third kappa shape index (κ3) is 3.60. The number of benzene rings is 1. The van der Waals surface area contributed by atoms with E-state index in [9.17, 15) is 15.4 Å². The number of nitro benzene ring substituents is 1. The van der Waals surface area contributed by atoms with E-state index in [-0.39, 0.29) is 5.69 Å². The largest absolute Gasteiger partial charge is 0.381 e. The van der Waals surface area contributed by atoms with E-state index in [1.165, 1.54) is 12.1 Å². The van der Waals surface area contributed by atoms with Gasteiger partial charge < -0.3 is 9.64 Å². The van der Waals surface area contributed by atoms with Gasteiger partial charge in [0, 0.05) is 51.5 Å². The Labute approximate surface area is 135 Å². The number of anilines is 1. The van der Waals surface area contributed by atoms with Crippen LogP contribution in [0.5, 0.6) is 0 Å². The predicted molar refractivity (Wildman–Crippen MR) is 85.4 cm³/mol. The Kier molecular flexibility index (Phi) is 4.74. The van der Waals surface area contributed by atoms with Gasteiger partial charge in [-0.2, -0.15) is 5.26 Å². The number of hydrogen-bond donors (Lipinski definition) is 0. The monoisotopic (exact) mass is 316 g/mol. The molecule has 0 saturated carbocycles. The maximum atomic E-state index is 10.8. The van der Waals surface area contributed by atoms with Crippen LogP contribution >= 0.6 is 0 Å². The summed E-state index contributed by atoms with van der Waals surface area (Å²) in [5, 5.41) is 20.1. The van der Waals surface area contributed by atoms with Crippen molar-refractivity contribution in [2.45, 2.75) is 6.42 Å². The van der Waals surface area contributed by atoms with E-state index in [1.54, 1.807) is 6.07 Å². The van der Waals surface area contributed by atoms with Gasteiger partial charge >= 0.3 is 0 Å². The van der Waals surface area contributed by atoms with Crippen LogP contribution in [0.1, 0.15) is 12.0 Å². The smallest absolute Gasteiger partial charge is 0.270 e. The molecule has 2 aliphatic heterocycles. The second kappa shape index (κ2) is 6.94. The zero-order chi connectivity index (χ0) is 16.2. The maximum absolute atomic E-state index is 10.8. The van der Waals surface area contributed by atoms with Gasteiger partial charge in [-0.05, 0) is 18.4 Å². The molecule has 2 saturated heterocycles. The first-order valence-corrected chi connectivity index (χ1v) is 7.91. The molecule has 7 heteroatoms. The molecule has 1 aromatic rings. The van der Waals surface area contributed by atoms with Crippen LogP contribution in [0.3, 0.4) is 0 Å². The highest BCUT2D eigenvalue weighted by Crippen LogP contribution is 2.26. The Bertz CT molecular complexity index is 614. The standard InChI is InChI=1S/C16H20N4O3/c17-10-14-9-15(20(21)22)1-2-16(14)19-6-4-18(5-7-19)11-13-3-8-23-12-13/h1-2,9,13H,3-8,11-12H2. The van der Waals surface area contributed by atoms with Crippen molar-refractivity contribution in [1.29, 1.82) is 5.26 Å². The summed E-state index contributed by atoms with van der Waals surface area (Å²) in [6, 6.07) is 6.60. The van der Waals surface area contributed by atoms with Crippen molar-refractivity contribution >= 4 is 11.4 Å². The number of non-ortho nitro benzene ring substituents is 1. The lowest BCUT2D eigenvalue weighted by molar-refractivity contribution is -0.384. The molecule has 2 heterocycles. The molecule has 3 rings (SSSR count). The van der Waals surface area contributed by atoms with Gasteiger partial charge in [0.05, 0.1) is 22.8 Å². The van der Waals surface area contributed by atoms with Crippen LogP contribution in [-0.4, -0.2) is 55.8 Å². The van der Waals surface area contributed by atoms with Crippen LogP contribution < -0.4 is 4.90 Å². The van der Waals surface area contributed by atoms with Crippen LogP contribution in [0.25, 0.3) is 0 Å². The van der Waals surface area contributed by atoms with Gasteiger partial charge in [-0.3, -0.25) is 15.0 Å². The van der Waals surface area contributed by atoms with E-state index in [0.717, 1.165) is 58.0 Å². The van der Waals surface area contributed by atoms with Crippen molar-refractivity contribution in [3.8, 4) is 6.07 Å². The normalized spacial score (nSPS) is 22.0. The van der Waals surface area contributed by atoms with Crippen molar-refractivity contribution in [2.75, 3.05) is 50.8 Å². The molecule has 0 bridgehead atoms. The summed E-state index contributed by atoms with van der Waals surface area (Å²) < 4.78 is 5.42. The van der Waals surface area contributed by atoms with E-state index in [0.29, 0.717) is 11.5 Å². The van der Waals surface area contributed by atoms with Crippen LogP contribution in [0, 0.1) is 27.4 Å². The fraction of sp³-hybridized carbons (Fsp3) is 0.562. The molecule has 0 N–H and O–H groups in total. The van der Waals surface area contributed by atoms with Gasteiger partial charge in [0.2, 0.25) is 0 Å². The summed E-state index contributed by atoms with van der Waals surface area (Å²) >= 11 is 0. The lowest BCUT2D eigenvalue weighted by Gasteiger charge is -2.37. The van der Waals surface area contributed by atoms with Gasteiger partial charge in [-0.25, -0.2) is 0 Å². The third-order valence-electron chi connectivity index (χ3n) is 4.56. The summed E-state index contributed by atoms with van der Waals surface area (Å²) in [6.07, 6.45) is 1.14. The number of piperazine rings is 1. The van der Waals surface area contributed by atoms with Crippen molar-refractivity contribution in [3.63, 3.8) is 0 Å². The Balaban J connectivity index is 1.63. The SMILES string of the molecule is N#Cc1cc([N+](=O)[O-])ccc1N1CCN(CC2CCOC2)CC1. The molecular formula is C16H20N4O3. The highest BCUT2D eigenvalue weighted by atomic mass is 16.6. The molecule has 122 valence electrons. The fourth-order valence-electron chi connectivity index (χ4n) is 3.27. The van der Waals surface area contributed by atoms with E-state index in [4.69, 9.17) is 4.74 Å². The topological polar surface area (TPSA) is 82.6 Å². The zero-order valence-corrected chi connectivity index (χ0v) is 13.0. The predicted octanol–water partition coefficient (Wildman–Crippen LogP) is 1.62. The van der Waals surface area contributed by atoms with Gasteiger partial charge in [-0.15, -0.1) is 0 Å². The quantitative estimate of drug-likeness (QED) is 0.620. The molecule has 1 atom stereocenters. The summed E-state index contributed by atoms with van der Waals surface area (Å²) in [7, 11) is 0. The molecule has 1 unspecified atom stereocenters. The first kappa shape index (κ1) is 15.7. The minimum absolute atomic E-state index is 0.0369. The lowest BCUT2D eigenvalue weighted by atomic mass is 10.1. The second-order valence-corrected chi connectivity index (χ2v) is 6.09. The van der Waals surface area contributed by atoms with Crippen LogP contribution in [0.2, 0.25) is 0 Å². The number of nitro groups is 1. The lowest BCUT2D eigenvalue weighted by Crippen LogP contribution is -2.48. The molecule has 0 spiro atoms. The van der Waals surface area contributed by atoms with Gasteiger partial charge in [0.1, 0.15) is 6.07 Å². The van der Waals surface area contributed by atoms with E-state index in [1.807, 2.05) is 0 Å². The first-order valence-electron chi connectivity index (χ1n) is 7.91. The number of ether oxygens (including phenoxy) is 1. The van der Waals surface area contributed by atoms with E-state index in [2.05, 4.69) is 15.9 Å². The molecule has 0 amide bonds. The van der Waals surface area contributed by atoms with Crippen LogP contribution in [-0.2, 0) is 4.74 Å². The molecule has 0 aliphatic carbocycles.